The molecule has 0 heterocycles. The molecule has 0 aromatic heterocycles. The summed E-state index contributed by atoms with van der Waals surface area (Å²) in [5.74, 6) is -1.28. The van der Waals surface area contributed by atoms with Crippen molar-refractivity contribution in [1.29, 1.82) is 0 Å². The van der Waals surface area contributed by atoms with E-state index < -0.39 is 30.1 Å². The molecule has 3 rings (SSSR count). The van der Waals surface area contributed by atoms with Crippen molar-refractivity contribution in [2.75, 3.05) is 6.61 Å². The maximum absolute atomic E-state index is 10.6. The van der Waals surface area contributed by atoms with E-state index in [9.17, 15) is 20.4 Å². The molecule has 0 amide bonds. The van der Waals surface area contributed by atoms with Crippen LogP contribution in [0.15, 0.2) is 54.6 Å². The van der Waals surface area contributed by atoms with Crippen LogP contribution in [0.5, 0.6) is 0 Å². The molecular weight excluding hydrogens is 376 g/mol. The molecule has 0 saturated heterocycles. The van der Waals surface area contributed by atoms with Crippen LogP contribution in [0.4, 0.5) is 0 Å². The minimum Gasteiger partial charge on any atom is -0.396 e. The summed E-state index contributed by atoms with van der Waals surface area (Å²) in [4.78, 5) is 0. The van der Waals surface area contributed by atoms with E-state index >= 15 is 0 Å². The third kappa shape index (κ3) is 4.02. The Morgan fingerprint density at radius 1 is 0.929 bits per heavy atom. The fourth-order valence-corrected chi connectivity index (χ4v) is 4.16. The van der Waals surface area contributed by atoms with Gasteiger partial charge in [0.05, 0.1) is 18.8 Å². The first-order valence-corrected chi connectivity index (χ1v) is 9.95. The van der Waals surface area contributed by atoms with E-state index in [4.69, 9.17) is 11.6 Å². The van der Waals surface area contributed by atoms with Gasteiger partial charge in [-0.05, 0) is 41.2 Å². The van der Waals surface area contributed by atoms with Crippen molar-refractivity contribution in [2.45, 2.75) is 44.0 Å². The summed E-state index contributed by atoms with van der Waals surface area (Å²) in [7, 11) is 0. The second-order valence-corrected chi connectivity index (χ2v) is 7.92. The van der Waals surface area contributed by atoms with Crippen molar-refractivity contribution < 1.29 is 20.4 Å². The SMILES string of the molecule is C=C1[C@H](CO)C(O)C(O)[C@@H](O)[C@@H]1c1ccc(Cl)c(Cc2ccc(CC)cc2)c1. The van der Waals surface area contributed by atoms with Gasteiger partial charge in [0.25, 0.3) is 0 Å². The normalized spacial score (nSPS) is 27.8. The van der Waals surface area contributed by atoms with Crippen LogP contribution in [-0.2, 0) is 12.8 Å². The van der Waals surface area contributed by atoms with Gasteiger partial charge in [-0.25, -0.2) is 0 Å². The molecule has 1 aliphatic carbocycles. The third-order valence-corrected chi connectivity index (χ3v) is 6.15. The van der Waals surface area contributed by atoms with Gasteiger partial charge in [0.2, 0.25) is 0 Å². The van der Waals surface area contributed by atoms with Crippen molar-refractivity contribution >= 4 is 11.6 Å². The van der Waals surface area contributed by atoms with Crippen molar-refractivity contribution in [2.24, 2.45) is 5.92 Å². The largest absolute Gasteiger partial charge is 0.396 e. The maximum atomic E-state index is 10.6. The second kappa shape index (κ2) is 8.76. The molecule has 4 nitrogen and oxygen atoms in total. The van der Waals surface area contributed by atoms with E-state index in [1.807, 2.05) is 6.07 Å². The molecule has 0 radical (unpaired) electrons. The molecule has 0 spiro atoms. The number of aliphatic hydroxyl groups excluding tert-OH is 4. The number of aryl methyl sites for hydroxylation is 1. The van der Waals surface area contributed by atoms with Crippen LogP contribution < -0.4 is 0 Å². The van der Waals surface area contributed by atoms with Crippen LogP contribution >= 0.6 is 11.6 Å². The Labute approximate surface area is 170 Å². The Bertz CT molecular complexity index is 833. The Morgan fingerprint density at radius 2 is 1.57 bits per heavy atom. The number of halogens is 1. The Morgan fingerprint density at radius 3 is 2.18 bits per heavy atom. The number of hydrogen-bond acceptors (Lipinski definition) is 4. The fraction of sp³-hybridized carbons (Fsp3) is 0.391. The van der Waals surface area contributed by atoms with E-state index in [1.165, 1.54) is 5.56 Å². The lowest BCUT2D eigenvalue weighted by molar-refractivity contribution is -0.107. The van der Waals surface area contributed by atoms with E-state index in [-0.39, 0.29) is 6.61 Å². The van der Waals surface area contributed by atoms with Crippen LogP contribution in [0, 0.1) is 5.92 Å². The first-order valence-electron chi connectivity index (χ1n) is 9.57. The molecule has 0 aliphatic heterocycles. The molecular formula is C23H27ClO4. The number of aliphatic hydroxyl groups is 4. The van der Waals surface area contributed by atoms with Crippen LogP contribution in [0.25, 0.3) is 0 Å². The maximum Gasteiger partial charge on any atom is 0.107 e. The van der Waals surface area contributed by atoms with E-state index in [2.05, 4.69) is 37.8 Å². The van der Waals surface area contributed by atoms with Crippen molar-refractivity contribution in [3.63, 3.8) is 0 Å². The highest BCUT2D eigenvalue weighted by molar-refractivity contribution is 6.31. The molecule has 5 atom stereocenters. The summed E-state index contributed by atoms with van der Waals surface area (Å²) in [6.45, 7) is 5.76. The molecule has 28 heavy (non-hydrogen) atoms. The molecule has 1 saturated carbocycles. The van der Waals surface area contributed by atoms with Gasteiger partial charge in [-0.3, -0.25) is 0 Å². The lowest BCUT2D eigenvalue weighted by atomic mass is 9.70. The monoisotopic (exact) mass is 402 g/mol. The first kappa shape index (κ1) is 21.0. The van der Waals surface area contributed by atoms with Gasteiger partial charge < -0.3 is 20.4 Å². The predicted octanol–water partition coefficient (Wildman–Crippen LogP) is 2.84. The van der Waals surface area contributed by atoms with Crippen molar-refractivity contribution in [3.8, 4) is 0 Å². The summed E-state index contributed by atoms with van der Waals surface area (Å²) in [5, 5.41) is 41.1. The quantitative estimate of drug-likeness (QED) is 0.580. The summed E-state index contributed by atoms with van der Waals surface area (Å²) < 4.78 is 0. The van der Waals surface area contributed by atoms with Gasteiger partial charge in [0.15, 0.2) is 0 Å². The average Bonchev–Trinajstić information content (AvgIpc) is 2.70. The summed E-state index contributed by atoms with van der Waals surface area (Å²) in [6.07, 6.45) is -2.18. The van der Waals surface area contributed by atoms with E-state index in [1.54, 1.807) is 12.1 Å². The number of rotatable bonds is 5. The molecule has 2 unspecified atom stereocenters. The smallest absolute Gasteiger partial charge is 0.107 e. The molecule has 0 bridgehead atoms. The molecule has 1 fully saturated rings. The highest BCUT2D eigenvalue weighted by Gasteiger charge is 2.45. The molecule has 1 aliphatic rings. The highest BCUT2D eigenvalue weighted by Crippen LogP contribution is 2.41. The molecule has 2 aromatic carbocycles. The third-order valence-electron chi connectivity index (χ3n) is 5.78. The molecule has 4 N–H and O–H groups in total. The Hall–Kier alpha value is -1.69. The second-order valence-electron chi connectivity index (χ2n) is 7.51. The summed E-state index contributed by atoms with van der Waals surface area (Å²) >= 11 is 6.41. The fourth-order valence-electron chi connectivity index (χ4n) is 3.98. The van der Waals surface area contributed by atoms with Crippen LogP contribution in [0.2, 0.25) is 5.02 Å². The van der Waals surface area contributed by atoms with Crippen LogP contribution in [0.3, 0.4) is 0 Å². The van der Waals surface area contributed by atoms with Crippen LogP contribution in [0.1, 0.15) is 35.1 Å². The topological polar surface area (TPSA) is 80.9 Å². The zero-order valence-corrected chi connectivity index (χ0v) is 16.7. The first-order chi connectivity index (χ1) is 13.4. The standard InChI is InChI=1S/C23H27ClO4/c1-3-14-4-6-15(7-5-14)10-17-11-16(8-9-19(17)24)20-13(2)18(12-25)21(26)23(28)22(20)27/h4-9,11,18,20-23,25-28H,2-3,10,12H2,1H3/t18-,20-,21?,22-,23?/m0/s1. The lowest BCUT2D eigenvalue weighted by Crippen LogP contribution is -2.52. The van der Waals surface area contributed by atoms with Gasteiger partial charge >= 0.3 is 0 Å². The van der Waals surface area contributed by atoms with Gasteiger partial charge in [-0.2, -0.15) is 0 Å². The van der Waals surface area contributed by atoms with E-state index in [0.29, 0.717) is 17.0 Å². The van der Waals surface area contributed by atoms with Gasteiger partial charge in [0, 0.05) is 16.9 Å². The van der Waals surface area contributed by atoms with Crippen molar-refractivity contribution in [1.82, 2.24) is 0 Å². The van der Waals surface area contributed by atoms with E-state index in [0.717, 1.165) is 23.1 Å². The van der Waals surface area contributed by atoms with Crippen LogP contribution in [-0.4, -0.2) is 45.3 Å². The number of benzene rings is 2. The Balaban J connectivity index is 1.92. The predicted molar refractivity (Wildman–Crippen MR) is 111 cm³/mol. The van der Waals surface area contributed by atoms with Gasteiger partial charge in [-0.1, -0.05) is 67.1 Å². The van der Waals surface area contributed by atoms with Crippen molar-refractivity contribution in [3.05, 3.63) is 81.9 Å². The molecule has 5 heteroatoms. The average molecular weight is 403 g/mol. The summed E-state index contributed by atoms with van der Waals surface area (Å²) in [6, 6.07) is 13.8. The minimum absolute atomic E-state index is 0.343. The highest BCUT2D eigenvalue weighted by atomic mass is 35.5. The lowest BCUT2D eigenvalue weighted by Gasteiger charge is -2.42. The number of hydrogen-bond donors (Lipinski definition) is 4. The van der Waals surface area contributed by atoms with Gasteiger partial charge in [-0.15, -0.1) is 0 Å². The zero-order chi connectivity index (χ0) is 20.4. The summed E-state index contributed by atoms with van der Waals surface area (Å²) in [5.41, 5.74) is 4.57. The molecule has 150 valence electrons. The molecule has 2 aromatic rings. The van der Waals surface area contributed by atoms with Gasteiger partial charge in [0.1, 0.15) is 6.10 Å². The minimum atomic E-state index is -1.35. The Kier molecular flexibility index (Phi) is 6.58. The zero-order valence-electron chi connectivity index (χ0n) is 15.9.